The van der Waals surface area contributed by atoms with E-state index in [1.807, 2.05) is 38.1 Å². The van der Waals surface area contributed by atoms with Crippen LogP contribution in [0.1, 0.15) is 57.0 Å². The predicted octanol–water partition coefficient (Wildman–Crippen LogP) is 5.30. The largest absolute Gasteiger partial charge is 0.507 e. The maximum atomic E-state index is 13.4. The first-order chi connectivity index (χ1) is 15.5. The summed E-state index contributed by atoms with van der Waals surface area (Å²) >= 11 is 0. The van der Waals surface area contributed by atoms with Crippen LogP contribution in [-0.4, -0.2) is 26.1 Å². The SMILES string of the molecule is CCc1ccc(C2c3c(-c4cc(C)cc(C)c4O)n[nH]c3C(=O)N2Cc2ccco2)cc1. The van der Waals surface area contributed by atoms with Crippen molar-refractivity contribution >= 4 is 5.91 Å². The molecule has 4 aromatic rings. The van der Waals surface area contributed by atoms with Crippen molar-refractivity contribution in [3.05, 3.63) is 94.1 Å². The molecular formula is C26H25N3O3. The van der Waals surface area contributed by atoms with Gasteiger partial charge < -0.3 is 14.4 Å². The number of hydrogen-bond acceptors (Lipinski definition) is 4. The lowest BCUT2D eigenvalue weighted by Crippen LogP contribution is -2.29. The van der Waals surface area contributed by atoms with Crippen molar-refractivity contribution in [1.82, 2.24) is 15.1 Å². The van der Waals surface area contributed by atoms with Crippen molar-refractivity contribution in [2.75, 3.05) is 0 Å². The highest BCUT2D eigenvalue weighted by atomic mass is 16.3. The molecule has 1 amide bonds. The summed E-state index contributed by atoms with van der Waals surface area (Å²) in [5.41, 5.74) is 6.49. The second-order valence-corrected chi connectivity index (χ2v) is 8.35. The lowest BCUT2D eigenvalue weighted by atomic mass is 9.93. The predicted molar refractivity (Wildman–Crippen MR) is 121 cm³/mol. The van der Waals surface area contributed by atoms with Crippen LogP contribution in [0.4, 0.5) is 0 Å². The van der Waals surface area contributed by atoms with E-state index in [0.717, 1.165) is 28.7 Å². The van der Waals surface area contributed by atoms with Gasteiger partial charge >= 0.3 is 0 Å². The summed E-state index contributed by atoms with van der Waals surface area (Å²) in [6.45, 7) is 6.31. The molecule has 1 aliphatic rings. The van der Waals surface area contributed by atoms with Crippen molar-refractivity contribution in [1.29, 1.82) is 0 Å². The molecule has 1 atom stereocenters. The molecule has 1 unspecified atom stereocenters. The maximum Gasteiger partial charge on any atom is 0.273 e. The summed E-state index contributed by atoms with van der Waals surface area (Å²) in [5.74, 6) is 0.757. The molecule has 0 aliphatic carbocycles. The molecule has 3 heterocycles. The van der Waals surface area contributed by atoms with Gasteiger partial charge in [-0.1, -0.05) is 37.3 Å². The van der Waals surface area contributed by atoms with Crippen molar-refractivity contribution in [2.45, 2.75) is 39.8 Å². The van der Waals surface area contributed by atoms with Crippen molar-refractivity contribution in [3.8, 4) is 17.0 Å². The number of carbonyl (C=O) groups excluding carboxylic acids is 1. The Labute approximate surface area is 186 Å². The van der Waals surface area contributed by atoms with Gasteiger partial charge in [-0.15, -0.1) is 0 Å². The number of aromatic amines is 1. The number of phenols is 1. The average Bonchev–Trinajstić information content (AvgIpc) is 3.51. The molecule has 0 bridgehead atoms. The molecule has 2 N–H and O–H groups in total. The summed E-state index contributed by atoms with van der Waals surface area (Å²) in [7, 11) is 0. The lowest BCUT2D eigenvalue weighted by molar-refractivity contribution is 0.0717. The van der Waals surface area contributed by atoms with Gasteiger partial charge in [-0.05, 0) is 60.7 Å². The summed E-state index contributed by atoms with van der Waals surface area (Å²) in [4.78, 5) is 15.2. The summed E-state index contributed by atoms with van der Waals surface area (Å²) in [6.07, 6.45) is 2.55. The Morgan fingerprint density at radius 2 is 1.94 bits per heavy atom. The van der Waals surface area contributed by atoms with Crippen LogP contribution in [0.25, 0.3) is 11.3 Å². The zero-order chi connectivity index (χ0) is 22.4. The normalized spacial score (nSPS) is 15.4. The van der Waals surface area contributed by atoms with Crippen LogP contribution in [-0.2, 0) is 13.0 Å². The molecule has 32 heavy (non-hydrogen) atoms. The molecule has 0 radical (unpaired) electrons. The van der Waals surface area contributed by atoms with Gasteiger partial charge in [0.15, 0.2) is 0 Å². The van der Waals surface area contributed by atoms with Crippen LogP contribution in [0.3, 0.4) is 0 Å². The molecule has 0 fully saturated rings. The minimum atomic E-state index is -0.345. The minimum Gasteiger partial charge on any atom is -0.507 e. The Kier molecular flexibility index (Phi) is 4.85. The fourth-order valence-corrected chi connectivity index (χ4v) is 4.56. The lowest BCUT2D eigenvalue weighted by Gasteiger charge is -2.26. The number of fused-ring (bicyclic) bond motifs is 1. The van der Waals surface area contributed by atoms with Crippen molar-refractivity contribution in [3.63, 3.8) is 0 Å². The number of rotatable bonds is 5. The first kappa shape index (κ1) is 20.1. The number of carbonyl (C=O) groups is 1. The minimum absolute atomic E-state index is 0.136. The number of hydrogen-bond donors (Lipinski definition) is 2. The van der Waals surface area contributed by atoms with E-state index in [2.05, 4.69) is 41.4 Å². The Balaban J connectivity index is 1.69. The van der Waals surface area contributed by atoms with Crippen LogP contribution >= 0.6 is 0 Å². The third kappa shape index (κ3) is 3.19. The monoisotopic (exact) mass is 427 g/mol. The number of aromatic nitrogens is 2. The quantitative estimate of drug-likeness (QED) is 0.453. The zero-order valence-corrected chi connectivity index (χ0v) is 18.3. The fourth-order valence-electron chi connectivity index (χ4n) is 4.56. The summed E-state index contributed by atoms with van der Waals surface area (Å²) in [6, 6.07) is 15.5. The van der Waals surface area contributed by atoms with Crippen LogP contribution in [0.15, 0.2) is 59.2 Å². The molecule has 6 heteroatoms. The average molecular weight is 428 g/mol. The van der Waals surface area contributed by atoms with Gasteiger partial charge in [0, 0.05) is 11.1 Å². The summed E-state index contributed by atoms with van der Waals surface area (Å²) in [5, 5.41) is 18.3. The van der Waals surface area contributed by atoms with Gasteiger partial charge in [-0.3, -0.25) is 9.89 Å². The first-order valence-electron chi connectivity index (χ1n) is 10.8. The van der Waals surface area contributed by atoms with Crippen molar-refractivity contribution < 1.29 is 14.3 Å². The second-order valence-electron chi connectivity index (χ2n) is 8.35. The fraction of sp³-hybridized carbons (Fsp3) is 0.231. The highest BCUT2D eigenvalue weighted by molar-refractivity contribution is 6.00. The molecule has 162 valence electrons. The van der Waals surface area contributed by atoms with E-state index in [4.69, 9.17) is 4.42 Å². The Bertz CT molecular complexity index is 1290. The molecule has 0 saturated carbocycles. The standard InChI is InChI=1S/C26H25N3O3/c1-4-17-7-9-18(10-8-17)24-21-22(20-13-15(2)12-16(3)25(20)30)27-28-23(21)26(31)29(24)14-19-6-5-11-32-19/h5-13,24,30H,4,14H2,1-3H3,(H,27,28). The number of benzene rings is 2. The van der Waals surface area contributed by atoms with E-state index in [-0.39, 0.29) is 17.7 Å². The van der Waals surface area contributed by atoms with E-state index in [1.165, 1.54) is 5.56 Å². The number of nitrogens with one attached hydrogen (secondary N) is 1. The molecule has 2 aromatic carbocycles. The van der Waals surface area contributed by atoms with Crippen LogP contribution in [0.5, 0.6) is 5.75 Å². The van der Waals surface area contributed by atoms with Gasteiger partial charge in [-0.25, -0.2) is 0 Å². The Hall–Kier alpha value is -3.80. The second kappa shape index (κ2) is 7.71. The molecule has 5 rings (SSSR count). The van der Waals surface area contributed by atoms with Crippen LogP contribution in [0.2, 0.25) is 0 Å². The first-order valence-corrected chi connectivity index (χ1v) is 10.8. The Morgan fingerprint density at radius 1 is 1.16 bits per heavy atom. The number of furan rings is 1. The molecule has 1 aliphatic heterocycles. The molecule has 0 spiro atoms. The van der Waals surface area contributed by atoms with E-state index >= 15 is 0 Å². The number of aryl methyl sites for hydroxylation is 3. The molecular weight excluding hydrogens is 402 g/mol. The Morgan fingerprint density at radius 3 is 2.62 bits per heavy atom. The highest BCUT2D eigenvalue weighted by Crippen LogP contribution is 2.45. The van der Waals surface area contributed by atoms with Gasteiger partial charge in [0.2, 0.25) is 0 Å². The smallest absolute Gasteiger partial charge is 0.273 e. The third-order valence-corrected chi connectivity index (χ3v) is 6.17. The highest BCUT2D eigenvalue weighted by Gasteiger charge is 2.42. The number of aromatic hydroxyl groups is 1. The van der Waals surface area contributed by atoms with E-state index < -0.39 is 0 Å². The van der Waals surface area contributed by atoms with Crippen LogP contribution in [0, 0.1) is 13.8 Å². The molecule has 0 saturated heterocycles. The van der Waals surface area contributed by atoms with E-state index in [0.29, 0.717) is 29.3 Å². The third-order valence-electron chi connectivity index (χ3n) is 6.17. The van der Waals surface area contributed by atoms with Crippen molar-refractivity contribution in [2.24, 2.45) is 0 Å². The van der Waals surface area contributed by atoms with E-state index in [1.54, 1.807) is 11.2 Å². The number of amides is 1. The molecule has 6 nitrogen and oxygen atoms in total. The van der Waals surface area contributed by atoms with E-state index in [9.17, 15) is 9.90 Å². The molecule has 2 aromatic heterocycles. The van der Waals surface area contributed by atoms with Crippen LogP contribution < -0.4 is 0 Å². The van der Waals surface area contributed by atoms with Gasteiger partial charge in [0.1, 0.15) is 22.9 Å². The number of H-pyrrole nitrogens is 1. The summed E-state index contributed by atoms with van der Waals surface area (Å²) < 4.78 is 5.55. The van der Waals surface area contributed by atoms with Gasteiger partial charge in [0.25, 0.3) is 5.91 Å². The van der Waals surface area contributed by atoms with Gasteiger partial charge in [-0.2, -0.15) is 5.10 Å². The number of phenolic OH excluding ortho intramolecular Hbond substituents is 1. The van der Waals surface area contributed by atoms with Gasteiger partial charge in [0.05, 0.1) is 18.8 Å². The zero-order valence-electron chi connectivity index (χ0n) is 18.3. The number of nitrogens with zero attached hydrogens (tertiary/aromatic N) is 2. The maximum absolute atomic E-state index is 13.4. The topological polar surface area (TPSA) is 82.4 Å².